The van der Waals surface area contributed by atoms with E-state index in [1.807, 2.05) is 24.3 Å². The minimum Gasteiger partial charge on any atom is -0.398 e. The van der Waals surface area contributed by atoms with Gasteiger partial charge in [0.15, 0.2) is 0 Å². The number of hydrogen-bond donors (Lipinski definition) is 1. The van der Waals surface area contributed by atoms with Crippen LogP contribution in [0.2, 0.25) is 0 Å². The van der Waals surface area contributed by atoms with Crippen molar-refractivity contribution < 1.29 is 9.53 Å². The third kappa shape index (κ3) is 3.25. The van der Waals surface area contributed by atoms with Gasteiger partial charge in [-0.15, -0.1) is 0 Å². The van der Waals surface area contributed by atoms with E-state index in [1.165, 1.54) is 7.11 Å². The summed E-state index contributed by atoms with van der Waals surface area (Å²) < 4.78 is 4.77. The van der Waals surface area contributed by atoms with E-state index in [0.29, 0.717) is 12.2 Å². The lowest BCUT2D eigenvalue weighted by Crippen LogP contribution is -2.29. The molecule has 0 aromatic heterocycles. The summed E-state index contributed by atoms with van der Waals surface area (Å²) in [6.07, 6.45) is 0. The number of methoxy groups -OCH3 is 1. The molecular weight excluding hydrogens is 192 g/mol. The van der Waals surface area contributed by atoms with Crippen LogP contribution >= 0.6 is 0 Å². The van der Waals surface area contributed by atoms with Crippen LogP contribution in [-0.4, -0.2) is 31.6 Å². The van der Waals surface area contributed by atoms with Gasteiger partial charge in [-0.05, 0) is 11.6 Å². The molecule has 0 radical (unpaired) electrons. The molecule has 0 unspecified atom stereocenters. The van der Waals surface area contributed by atoms with Crippen molar-refractivity contribution in [2.75, 3.05) is 26.5 Å². The zero-order valence-corrected chi connectivity index (χ0v) is 9.06. The van der Waals surface area contributed by atoms with E-state index in [4.69, 9.17) is 10.5 Å². The first-order valence-electron chi connectivity index (χ1n) is 4.71. The van der Waals surface area contributed by atoms with Crippen molar-refractivity contribution in [3.63, 3.8) is 0 Å². The predicted octanol–water partition coefficient (Wildman–Crippen LogP) is 0.874. The Hall–Kier alpha value is -1.55. The van der Waals surface area contributed by atoms with Gasteiger partial charge >= 0.3 is 0 Å². The molecule has 0 aliphatic heterocycles. The third-order valence-corrected chi connectivity index (χ3v) is 2.16. The number of benzene rings is 1. The fourth-order valence-corrected chi connectivity index (χ4v) is 1.26. The van der Waals surface area contributed by atoms with Crippen LogP contribution in [0.25, 0.3) is 0 Å². The molecule has 1 amide bonds. The van der Waals surface area contributed by atoms with Gasteiger partial charge in [-0.25, -0.2) is 0 Å². The standard InChI is InChI=1S/C11H16N2O2/c1-13(11(14)8-15-2)7-9-5-3-4-6-10(9)12/h3-6H,7-8,12H2,1-2H3. The number of anilines is 1. The summed E-state index contributed by atoms with van der Waals surface area (Å²) in [5, 5.41) is 0. The zero-order chi connectivity index (χ0) is 11.3. The molecule has 0 heterocycles. The van der Waals surface area contributed by atoms with Crippen LogP contribution in [0.15, 0.2) is 24.3 Å². The number of ether oxygens (including phenoxy) is 1. The molecule has 15 heavy (non-hydrogen) atoms. The van der Waals surface area contributed by atoms with Crippen molar-refractivity contribution in [1.29, 1.82) is 0 Å². The molecule has 0 bridgehead atoms. The summed E-state index contributed by atoms with van der Waals surface area (Å²) in [6, 6.07) is 7.51. The van der Waals surface area contributed by atoms with Crippen LogP contribution in [0, 0.1) is 0 Å². The summed E-state index contributed by atoms with van der Waals surface area (Å²) in [5.41, 5.74) is 7.43. The van der Waals surface area contributed by atoms with Crippen molar-refractivity contribution in [1.82, 2.24) is 4.90 Å². The lowest BCUT2D eigenvalue weighted by Gasteiger charge is -2.17. The molecule has 4 nitrogen and oxygen atoms in total. The highest BCUT2D eigenvalue weighted by Gasteiger charge is 2.09. The number of carbonyl (C=O) groups is 1. The van der Waals surface area contributed by atoms with Gasteiger partial charge in [0.25, 0.3) is 0 Å². The largest absolute Gasteiger partial charge is 0.398 e. The summed E-state index contributed by atoms with van der Waals surface area (Å²) in [7, 11) is 3.23. The third-order valence-electron chi connectivity index (χ3n) is 2.16. The summed E-state index contributed by atoms with van der Waals surface area (Å²) in [5.74, 6) is -0.0549. The Bertz CT molecular complexity index is 339. The predicted molar refractivity (Wildman–Crippen MR) is 59.2 cm³/mol. The molecule has 1 aromatic carbocycles. The first-order valence-corrected chi connectivity index (χ1v) is 4.71. The second kappa shape index (κ2) is 5.36. The Morgan fingerprint density at radius 2 is 2.13 bits per heavy atom. The van der Waals surface area contributed by atoms with Gasteiger partial charge in [-0.2, -0.15) is 0 Å². The van der Waals surface area contributed by atoms with Gasteiger partial charge in [0.05, 0.1) is 0 Å². The molecule has 0 fully saturated rings. The number of nitrogen functional groups attached to an aromatic ring is 1. The molecule has 0 atom stereocenters. The molecule has 0 aliphatic carbocycles. The van der Waals surface area contributed by atoms with Gasteiger partial charge < -0.3 is 15.4 Å². The van der Waals surface area contributed by atoms with Gasteiger partial charge in [0, 0.05) is 26.4 Å². The van der Waals surface area contributed by atoms with Gasteiger partial charge in [-0.3, -0.25) is 4.79 Å². The highest BCUT2D eigenvalue weighted by molar-refractivity contribution is 5.77. The number of amides is 1. The Morgan fingerprint density at radius 3 is 2.73 bits per heavy atom. The first kappa shape index (κ1) is 11.5. The van der Waals surface area contributed by atoms with Crippen molar-refractivity contribution >= 4 is 11.6 Å². The van der Waals surface area contributed by atoms with E-state index in [-0.39, 0.29) is 12.5 Å². The lowest BCUT2D eigenvalue weighted by atomic mass is 10.2. The van der Waals surface area contributed by atoms with Gasteiger partial charge in [-0.1, -0.05) is 18.2 Å². The average molecular weight is 208 g/mol. The molecule has 4 heteroatoms. The van der Waals surface area contributed by atoms with E-state index in [1.54, 1.807) is 11.9 Å². The molecule has 0 saturated carbocycles. The molecule has 82 valence electrons. The fourth-order valence-electron chi connectivity index (χ4n) is 1.26. The lowest BCUT2D eigenvalue weighted by molar-refractivity contribution is -0.134. The smallest absolute Gasteiger partial charge is 0.248 e. The number of rotatable bonds is 4. The minimum absolute atomic E-state index is 0.0549. The molecule has 1 rings (SSSR count). The van der Waals surface area contributed by atoms with E-state index < -0.39 is 0 Å². The number of nitrogens with zero attached hydrogens (tertiary/aromatic N) is 1. The Balaban J connectivity index is 2.62. The van der Waals surface area contributed by atoms with Crippen LogP contribution in [0.5, 0.6) is 0 Å². The first-order chi connectivity index (χ1) is 7.15. The highest BCUT2D eigenvalue weighted by Crippen LogP contribution is 2.12. The number of nitrogens with two attached hydrogens (primary N) is 1. The average Bonchev–Trinajstić information content (AvgIpc) is 2.21. The SMILES string of the molecule is COCC(=O)N(C)Cc1ccccc1N. The van der Waals surface area contributed by atoms with Crippen LogP contribution in [0.3, 0.4) is 0 Å². The van der Waals surface area contributed by atoms with Gasteiger partial charge in [0.2, 0.25) is 5.91 Å². The van der Waals surface area contributed by atoms with Crippen molar-refractivity contribution in [3.05, 3.63) is 29.8 Å². The number of para-hydroxylation sites is 1. The van der Waals surface area contributed by atoms with Crippen molar-refractivity contribution in [3.8, 4) is 0 Å². The Labute approximate surface area is 89.6 Å². The van der Waals surface area contributed by atoms with E-state index >= 15 is 0 Å². The molecule has 0 aliphatic rings. The fraction of sp³-hybridized carbons (Fsp3) is 0.364. The number of likely N-dealkylation sites (N-methyl/N-ethyl adjacent to an activating group) is 1. The van der Waals surface area contributed by atoms with Gasteiger partial charge in [0.1, 0.15) is 6.61 Å². The molecular formula is C11H16N2O2. The van der Waals surface area contributed by atoms with Crippen LogP contribution in [0.1, 0.15) is 5.56 Å². The summed E-state index contributed by atoms with van der Waals surface area (Å²) in [6.45, 7) is 0.609. The van der Waals surface area contributed by atoms with Crippen LogP contribution < -0.4 is 5.73 Å². The minimum atomic E-state index is -0.0549. The van der Waals surface area contributed by atoms with Crippen LogP contribution in [0.4, 0.5) is 5.69 Å². The Kier molecular flexibility index (Phi) is 4.12. The van der Waals surface area contributed by atoms with E-state index in [0.717, 1.165) is 5.56 Å². The topological polar surface area (TPSA) is 55.6 Å². The van der Waals surface area contributed by atoms with Crippen molar-refractivity contribution in [2.45, 2.75) is 6.54 Å². The second-order valence-electron chi connectivity index (χ2n) is 3.38. The summed E-state index contributed by atoms with van der Waals surface area (Å²) in [4.78, 5) is 13.0. The Morgan fingerprint density at radius 1 is 1.47 bits per heavy atom. The normalized spacial score (nSPS) is 10.0. The number of carbonyl (C=O) groups excluding carboxylic acids is 1. The molecule has 1 aromatic rings. The quantitative estimate of drug-likeness (QED) is 0.747. The molecule has 0 saturated heterocycles. The highest BCUT2D eigenvalue weighted by atomic mass is 16.5. The molecule has 2 N–H and O–H groups in total. The van der Waals surface area contributed by atoms with E-state index in [2.05, 4.69) is 0 Å². The van der Waals surface area contributed by atoms with Crippen LogP contribution in [-0.2, 0) is 16.1 Å². The molecule has 0 spiro atoms. The monoisotopic (exact) mass is 208 g/mol. The van der Waals surface area contributed by atoms with Crippen molar-refractivity contribution in [2.24, 2.45) is 0 Å². The maximum atomic E-state index is 11.4. The number of hydrogen-bond acceptors (Lipinski definition) is 3. The zero-order valence-electron chi connectivity index (χ0n) is 9.06. The maximum Gasteiger partial charge on any atom is 0.248 e. The second-order valence-corrected chi connectivity index (χ2v) is 3.38. The maximum absolute atomic E-state index is 11.4. The summed E-state index contributed by atoms with van der Waals surface area (Å²) >= 11 is 0. The van der Waals surface area contributed by atoms with E-state index in [9.17, 15) is 4.79 Å².